The van der Waals surface area contributed by atoms with E-state index >= 15 is 0 Å². The second kappa shape index (κ2) is 9.98. The second-order valence-corrected chi connectivity index (χ2v) is 7.93. The minimum atomic E-state index is -0.960. The molecule has 34 heavy (non-hydrogen) atoms. The number of aryl methyl sites for hydroxylation is 1. The Morgan fingerprint density at radius 2 is 1.59 bits per heavy atom. The third kappa shape index (κ3) is 4.25. The summed E-state index contributed by atoms with van der Waals surface area (Å²) in [5.41, 5.74) is 5.63. The van der Waals surface area contributed by atoms with Crippen molar-refractivity contribution in [2.45, 2.75) is 19.8 Å². The number of nitrogens with zero attached hydrogens (tertiary/aromatic N) is 3. The van der Waals surface area contributed by atoms with Crippen LogP contribution >= 0.6 is 0 Å². The van der Waals surface area contributed by atoms with Crippen LogP contribution in [0, 0.1) is 35.5 Å². The van der Waals surface area contributed by atoms with E-state index < -0.39 is 17.8 Å². The molecule has 0 fully saturated rings. The average molecular weight is 446 g/mol. The highest BCUT2D eigenvalue weighted by Crippen LogP contribution is 2.41. The molecule has 3 aromatic carbocycles. The summed E-state index contributed by atoms with van der Waals surface area (Å²) in [6.45, 7) is 3.89. The van der Waals surface area contributed by atoms with Gasteiger partial charge in [0.1, 0.15) is 5.92 Å². The number of rotatable bonds is 5. The van der Waals surface area contributed by atoms with Gasteiger partial charge in [0.25, 0.3) is 0 Å². The largest absolute Gasteiger partial charge is 0.465 e. The lowest BCUT2D eigenvalue weighted by Crippen LogP contribution is -2.28. The van der Waals surface area contributed by atoms with Crippen molar-refractivity contribution >= 4 is 29.0 Å². The zero-order valence-corrected chi connectivity index (χ0v) is 19.0. The molecule has 1 aliphatic rings. The third-order valence-corrected chi connectivity index (χ3v) is 5.85. The average Bonchev–Trinajstić information content (AvgIpc) is 3.04. The molecule has 0 bridgehead atoms. The standard InChI is InChI=1S/C29H23N3O2/c1-3-34-29(33)27-23(20-10-6-4-7-11-20)16-24-25(32-28(27)21-12-8-5-9-13-21)15-14-19(2)26(24)22(17-30)18-31/h4-16,22,27H,3H2,1-2H3. The van der Waals surface area contributed by atoms with E-state index in [9.17, 15) is 15.3 Å². The van der Waals surface area contributed by atoms with E-state index in [1.54, 1.807) is 6.92 Å². The lowest BCUT2D eigenvalue weighted by atomic mass is 9.83. The Hall–Kier alpha value is -4.48. The van der Waals surface area contributed by atoms with E-state index in [0.717, 1.165) is 16.7 Å². The van der Waals surface area contributed by atoms with Gasteiger partial charge in [0.15, 0.2) is 5.92 Å². The fraction of sp³-hybridized carbons (Fsp3) is 0.172. The Balaban J connectivity index is 2.11. The number of benzene rings is 3. The third-order valence-electron chi connectivity index (χ3n) is 5.85. The topological polar surface area (TPSA) is 86.2 Å². The Kier molecular flexibility index (Phi) is 6.67. The Bertz CT molecular complexity index is 1350. The quantitative estimate of drug-likeness (QED) is 0.452. The van der Waals surface area contributed by atoms with Crippen LogP contribution in [0.25, 0.3) is 11.6 Å². The summed E-state index contributed by atoms with van der Waals surface area (Å²) in [4.78, 5) is 18.4. The molecule has 0 radical (unpaired) electrons. The molecule has 166 valence electrons. The van der Waals surface area contributed by atoms with Crippen molar-refractivity contribution in [3.63, 3.8) is 0 Å². The summed E-state index contributed by atoms with van der Waals surface area (Å²) in [6.07, 6.45) is 1.90. The minimum absolute atomic E-state index is 0.238. The van der Waals surface area contributed by atoms with Crippen molar-refractivity contribution < 1.29 is 9.53 Å². The number of carbonyl (C=O) groups is 1. The van der Waals surface area contributed by atoms with Gasteiger partial charge in [-0.15, -0.1) is 0 Å². The molecule has 0 saturated carbocycles. The molecule has 3 aromatic rings. The van der Waals surface area contributed by atoms with Crippen LogP contribution in [0.4, 0.5) is 5.69 Å². The molecule has 0 amide bonds. The number of esters is 1. The summed E-state index contributed by atoms with van der Waals surface area (Å²) in [6, 6.07) is 27.1. The first kappa shape index (κ1) is 22.7. The normalized spacial score (nSPS) is 14.7. The van der Waals surface area contributed by atoms with E-state index in [0.29, 0.717) is 28.1 Å². The highest BCUT2D eigenvalue weighted by molar-refractivity contribution is 6.22. The molecule has 1 unspecified atom stereocenters. The van der Waals surface area contributed by atoms with Crippen LogP contribution in [0.1, 0.15) is 40.7 Å². The number of carbonyl (C=O) groups excluding carboxylic acids is 1. The van der Waals surface area contributed by atoms with Crippen molar-refractivity contribution in [2.24, 2.45) is 10.9 Å². The Morgan fingerprint density at radius 3 is 2.18 bits per heavy atom. The van der Waals surface area contributed by atoms with E-state index in [2.05, 4.69) is 12.1 Å². The summed E-state index contributed by atoms with van der Waals surface area (Å²) < 4.78 is 5.52. The maximum Gasteiger partial charge on any atom is 0.319 e. The van der Waals surface area contributed by atoms with Gasteiger partial charge in [0.2, 0.25) is 0 Å². The molecule has 0 saturated heterocycles. The maximum absolute atomic E-state index is 13.4. The molecule has 0 spiro atoms. The zero-order chi connectivity index (χ0) is 24.1. The molecule has 0 aromatic heterocycles. The summed E-state index contributed by atoms with van der Waals surface area (Å²) in [5.74, 6) is -2.14. The summed E-state index contributed by atoms with van der Waals surface area (Å²) >= 11 is 0. The minimum Gasteiger partial charge on any atom is -0.465 e. The predicted molar refractivity (Wildman–Crippen MR) is 132 cm³/mol. The van der Waals surface area contributed by atoms with E-state index in [1.165, 1.54) is 0 Å². The van der Waals surface area contributed by atoms with Crippen molar-refractivity contribution in [3.05, 3.63) is 101 Å². The fourth-order valence-electron chi connectivity index (χ4n) is 4.29. The molecule has 1 atom stereocenters. The zero-order valence-electron chi connectivity index (χ0n) is 19.0. The highest BCUT2D eigenvalue weighted by Gasteiger charge is 2.34. The van der Waals surface area contributed by atoms with Crippen molar-refractivity contribution in [3.8, 4) is 12.1 Å². The Labute approximate surface area is 199 Å². The van der Waals surface area contributed by atoms with Gasteiger partial charge in [-0.1, -0.05) is 66.7 Å². The van der Waals surface area contributed by atoms with Gasteiger partial charge in [-0.3, -0.25) is 9.79 Å². The molecule has 0 N–H and O–H groups in total. The van der Waals surface area contributed by atoms with E-state index in [-0.39, 0.29) is 6.61 Å². The molecular weight excluding hydrogens is 422 g/mol. The number of hydrogen-bond donors (Lipinski definition) is 0. The van der Waals surface area contributed by atoms with Crippen molar-refractivity contribution in [1.82, 2.24) is 0 Å². The smallest absolute Gasteiger partial charge is 0.319 e. The van der Waals surface area contributed by atoms with Gasteiger partial charge in [0, 0.05) is 5.56 Å². The van der Waals surface area contributed by atoms with Gasteiger partial charge < -0.3 is 4.74 Å². The predicted octanol–water partition coefficient (Wildman–Crippen LogP) is 5.98. The van der Waals surface area contributed by atoms with Gasteiger partial charge in [0.05, 0.1) is 30.1 Å². The lowest BCUT2D eigenvalue weighted by Gasteiger charge is -2.21. The van der Waals surface area contributed by atoms with Crippen LogP contribution in [-0.4, -0.2) is 18.3 Å². The summed E-state index contributed by atoms with van der Waals surface area (Å²) in [7, 11) is 0. The molecule has 1 aliphatic heterocycles. The molecule has 0 aliphatic carbocycles. The highest BCUT2D eigenvalue weighted by atomic mass is 16.5. The molecule has 4 rings (SSSR count). The number of fused-ring (bicyclic) bond motifs is 1. The van der Waals surface area contributed by atoms with Gasteiger partial charge in [-0.2, -0.15) is 10.5 Å². The molecule has 5 nitrogen and oxygen atoms in total. The van der Waals surface area contributed by atoms with Crippen LogP contribution in [0.5, 0.6) is 0 Å². The summed E-state index contributed by atoms with van der Waals surface area (Å²) in [5, 5.41) is 19.4. The van der Waals surface area contributed by atoms with E-state index in [1.807, 2.05) is 85.8 Å². The number of ether oxygens (including phenoxy) is 1. The van der Waals surface area contributed by atoms with Crippen LogP contribution < -0.4 is 0 Å². The number of nitriles is 2. The first-order chi connectivity index (χ1) is 16.6. The first-order valence-electron chi connectivity index (χ1n) is 11.1. The molecular formula is C29H23N3O2. The molecule has 1 heterocycles. The van der Waals surface area contributed by atoms with Crippen LogP contribution in [0.3, 0.4) is 0 Å². The van der Waals surface area contributed by atoms with Crippen LogP contribution in [-0.2, 0) is 9.53 Å². The van der Waals surface area contributed by atoms with Crippen molar-refractivity contribution in [1.29, 1.82) is 10.5 Å². The first-order valence-corrected chi connectivity index (χ1v) is 11.1. The fourth-order valence-corrected chi connectivity index (χ4v) is 4.29. The monoisotopic (exact) mass is 445 g/mol. The van der Waals surface area contributed by atoms with Gasteiger partial charge in [-0.25, -0.2) is 0 Å². The SMILES string of the molecule is CCOC(=O)C1C(c2ccccc2)=Cc2c(ccc(C)c2C(C#N)C#N)N=C1c1ccccc1. The van der Waals surface area contributed by atoms with Crippen LogP contribution in [0.15, 0.2) is 77.8 Å². The van der Waals surface area contributed by atoms with Crippen molar-refractivity contribution in [2.75, 3.05) is 6.61 Å². The van der Waals surface area contributed by atoms with Gasteiger partial charge in [-0.05, 0) is 53.8 Å². The molecule has 5 heteroatoms. The maximum atomic E-state index is 13.4. The second-order valence-electron chi connectivity index (χ2n) is 7.93. The van der Waals surface area contributed by atoms with Crippen LogP contribution in [0.2, 0.25) is 0 Å². The Morgan fingerprint density at radius 1 is 0.971 bits per heavy atom. The van der Waals surface area contributed by atoms with E-state index in [4.69, 9.17) is 9.73 Å². The number of aliphatic imine (C=N–C) groups is 1. The van der Waals surface area contributed by atoms with Gasteiger partial charge >= 0.3 is 5.97 Å². The lowest BCUT2D eigenvalue weighted by molar-refractivity contribution is -0.143. The number of hydrogen-bond acceptors (Lipinski definition) is 5.